The number of rotatable bonds is 6. The average Bonchev–Trinajstić information content (AvgIpc) is 2.66. The Morgan fingerprint density at radius 3 is 1.21 bits per heavy atom. The lowest BCUT2D eigenvalue weighted by Crippen LogP contribution is -2.47. The molecule has 2 aromatic rings. The van der Waals surface area contributed by atoms with Gasteiger partial charge in [-0.2, -0.15) is 0 Å². The van der Waals surface area contributed by atoms with Crippen molar-refractivity contribution in [2.75, 3.05) is 26.2 Å². The van der Waals surface area contributed by atoms with E-state index in [4.69, 9.17) is 0 Å². The normalized spacial score (nSPS) is 11.5. The van der Waals surface area contributed by atoms with Gasteiger partial charge in [-0.1, -0.05) is 60.7 Å². The second-order valence-corrected chi connectivity index (χ2v) is 7.96. The van der Waals surface area contributed by atoms with Crippen LogP contribution in [0.1, 0.15) is 27.7 Å². The molecule has 0 saturated heterocycles. The lowest BCUT2D eigenvalue weighted by molar-refractivity contribution is -0.921. The van der Waals surface area contributed by atoms with E-state index in [0.717, 1.165) is 0 Å². The number of benzene rings is 2. The Hall–Kier alpha value is -1.41. The molecule has 132 valence electrons. The van der Waals surface area contributed by atoms with Crippen LogP contribution < -0.4 is 15.5 Å². The second kappa shape index (κ2) is 9.78. The molecule has 0 aromatic heterocycles. The van der Waals surface area contributed by atoms with Gasteiger partial charge < -0.3 is 13.9 Å². The van der Waals surface area contributed by atoms with Crippen molar-refractivity contribution in [2.24, 2.45) is 0 Å². The van der Waals surface area contributed by atoms with E-state index in [1.54, 1.807) is 60.7 Å². The first-order valence-corrected chi connectivity index (χ1v) is 10.4. The summed E-state index contributed by atoms with van der Waals surface area (Å²) < 4.78 is 13.3. The fourth-order valence-corrected chi connectivity index (χ4v) is 4.17. The molecule has 0 unspecified atom stereocenters. The van der Waals surface area contributed by atoms with Crippen LogP contribution in [0.15, 0.2) is 60.7 Å². The van der Waals surface area contributed by atoms with Crippen LogP contribution in [0.25, 0.3) is 0 Å². The molecule has 4 heteroatoms. The van der Waals surface area contributed by atoms with Gasteiger partial charge in [-0.05, 0) is 27.7 Å². The first kappa shape index (κ1) is 20.6. The van der Waals surface area contributed by atoms with Crippen LogP contribution in [0.2, 0.25) is 0 Å². The van der Waals surface area contributed by atoms with E-state index < -0.39 is 7.37 Å². The minimum atomic E-state index is -3.65. The summed E-state index contributed by atoms with van der Waals surface area (Å²) in [4.78, 5) is 12.1. The zero-order chi connectivity index (χ0) is 18.1. The molecule has 0 heterocycles. The van der Waals surface area contributed by atoms with E-state index in [9.17, 15) is 9.46 Å². The summed E-state index contributed by atoms with van der Waals surface area (Å²) in [5.74, 6) is 0. The Morgan fingerprint density at radius 2 is 1.00 bits per heavy atom. The highest BCUT2D eigenvalue weighted by molar-refractivity contribution is 7.72. The Balaban J connectivity index is 0.000000277. The van der Waals surface area contributed by atoms with E-state index in [1.165, 1.54) is 30.7 Å². The fraction of sp³-hybridized carbons (Fsp3) is 0.400. The highest BCUT2D eigenvalue weighted by Gasteiger charge is 2.16. The molecule has 3 nitrogen and oxygen atoms in total. The number of quaternary nitrogens is 1. The zero-order valence-corrected chi connectivity index (χ0v) is 16.2. The van der Waals surface area contributed by atoms with Crippen LogP contribution in [0.3, 0.4) is 0 Å². The Labute approximate surface area is 147 Å². The molecular formula is C20H30NO2P. The van der Waals surface area contributed by atoms with Crippen molar-refractivity contribution in [3.63, 3.8) is 0 Å². The molecule has 0 fully saturated rings. The minimum Gasteiger partial charge on any atom is -0.793 e. The molecule has 0 bridgehead atoms. The number of hydrogen-bond acceptors (Lipinski definition) is 2. The van der Waals surface area contributed by atoms with Gasteiger partial charge >= 0.3 is 0 Å². The maximum absolute atomic E-state index is 12.1. The third-order valence-corrected chi connectivity index (χ3v) is 6.83. The number of hydrogen-bond donors (Lipinski definition) is 0. The number of nitrogens with zero attached hydrogens (tertiary/aromatic N) is 1. The van der Waals surface area contributed by atoms with Crippen LogP contribution in [0.5, 0.6) is 0 Å². The zero-order valence-electron chi connectivity index (χ0n) is 15.3. The summed E-state index contributed by atoms with van der Waals surface area (Å²) in [6, 6.07) is 16.9. The largest absolute Gasteiger partial charge is 0.793 e. The molecule has 2 aromatic carbocycles. The predicted octanol–water partition coefficient (Wildman–Crippen LogP) is 3.16. The molecule has 24 heavy (non-hydrogen) atoms. The monoisotopic (exact) mass is 347 g/mol. The molecular weight excluding hydrogens is 317 g/mol. The molecule has 2 rings (SSSR count). The topological polar surface area (TPSA) is 40.1 Å². The van der Waals surface area contributed by atoms with Crippen molar-refractivity contribution < 1.29 is 13.9 Å². The second-order valence-electron chi connectivity index (χ2n) is 5.83. The maximum atomic E-state index is 12.1. The lowest BCUT2D eigenvalue weighted by Gasteiger charge is -2.34. The predicted molar refractivity (Wildman–Crippen MR) is 102 cm³/mol. The van der Waals surface area contributed by atoms with E-state index in [1.807, 2.05) is 0 Å². The van der Waals surface area contributed by atoms with Crippen molar-refractivity contribution in [3.05, 3.63) is 60.7 Å². The van der Waals surface area contributed by atoms with Gasteiger partial charge in [0.05, 0.1) is 33.5 Å². The summed E-state index contributed by atoms with van der Waals surface area (Å²) in [7, 11) is -3.65. The molecule has 0 N–H and O–H groups in total. The summed E-state index contributed by atoms with van der Waals surface area (Å²) >= 11 is 0. The SMILES string of the molecule is CC[N+](CC)(CC)CC.O=P([O-])(c1ccccc1)c1ccccc1. The maximum Gasteiger partial charge on any atom is 0.0757 e. The average molecular weight is 347 g/mol. The first-order valence-electron chi connectivity index (χ1n) is 8.73. The van der Waals surface area contributed by atoms with Crippen LogP contribution in [-0.4, -0.2) is 30.7 Å². The Bertz CT molecular complexity index is 564. The molecule has 0 saturated carbocycles. The quantitative estimate of drug-likeness (QED) is 0.595. The summed E-state index contributed by atoms with van der Waals surface area (Å²) in [5.41, 5.74) is 0. The van der Waals surface area contributed by atoms with Gasteiger partial charge in [0.15, 0.2) is 0 Å². The van der Waals surface area contributed by atoms with Crippen molar-refractivity contribution >= 4 is 18.0 Å². The molecule has 0 spiro atoms. The van der Waals surface area contributed by atoms with Gasteiger partial charge in [-0.25, -0.2) is 0 Å². The molecule has 0 amide bonds. The van der Waals surface area contributed by atoms with Crippen molar-refractivity contribution in [2.45, 2.75) is 27.7 Å². The van der Waals surface area contributed by atoms with Crippen LogP contribution in [-0.2, 0) is 4.57 Å². The lowest BCUT2D eigenvalue weighted by atomic mass is 10.3. The minimum absolute atomic E-state index is 0.358. The fourth-order valence-electron chi connectivity index (χ4n) is 2.74. The standard InChI is InChI=1S/C12H11O2P.C8H20N/c13-15(14,11-7-3-1-4-8-11)12-9-5-2-6-10-12;1-5-9(6-2,7-3)8-4/h1-10H,(H,13,14);5-8H2,1-4H3/q;+1/p-1. The summed E-state index contributed by atoms with van der Waals surface area (Å²) in [6.45, 7) is 14.2. The van der Waals surface area contributed by atoms with Crippen molar-refractivity contribution in [1.82, 2.24) is 0 Å². The van der Waals surface area contributed by atoms with Gasteiger partial charge in [0.1, 0.15) is 0 Å². The molecule has 0 aliphatic rings. The van der Waals surface area contributed by atoms with E-state index in [-0.39, 0.29) is 0 Å². The van der Waals surface area contributed by atoms with Crippen molar-refractivity contribution in [3.8, 4) is 0 Å². The summed E-state index contributed by atoms with van der Waals surface area (Å²) in [6.07, 6.45) is 0. The molecule has 0 aliphatic carbocycles. The Kier molecular flexibility index (Phi) is 8.41. The molecule has 0 aliphatic heterocycles. The molecule has 0 atom stereocenters. The van der Waals surface area contributed by atoms with Gasteiger partial charge in [-0.3, -0.25) is 0 Å². The Morgan fingerprint density at radius 1 is 0.708 bits per heavy atom. The van der Waals surface area contributed by atoms with Crippen molar-refractivity contribution in [1.29, 1.82) is 0 Å². The smallest absolute Gasteiger partial charge is 0.0757 e. The van der Waals surface area contributed by atoms with Crippen LogP contribution >= 0.6 is 7.37 Å². The van der Waals surface area contributed by atoms with E-state index >= 15 is 0 Å². The van der Waals surface area contributed by atoms with E-state index in [2.05, 4.69) is 27.7 Å². The third-order valence-electron chi connectivity index (χ3n) is 4.88. The van der Waals surface area contributed by atoms with Crippen LogP contribution in [0, 0.1) is 0 Å². The first-order chi connectivity index (χ1) is 11.5. The highest BCUT2D eigenvalue weighted by Crippen LogP contribution is 2.32. The van der Waals surface area contributed by atoms with Gasteiger partial charge in [0.25, 0.3) is 0 Å². The third kappa shape index (κ3) is 5.31. The van der Waals surface area contributed by atoms with Gasteiger partial charge in [-0.15, -0.1) is 0 Å². The van der Waals surface area contributed by atoms with Crippen LogP contribution in [0.4, 0.5) is 0 Å². The molecule has 0 radical (unpaired) electrons. The van der Waals surface area contributed by atoms with Gasteiger partial charge in [0, 0.05) is 10.6 Å². The van der Waals surface area contributed by atoms with Gasteiger partial charge in [0.2, 0.25) is 0 Å². The summed E-state index contributed by atoms with van der Waals surface area (Å²) in [5, 5.41) is 0.715. The van der Waals surface area contributed by atoms with E-state index in [0.29, 0.717) is 10.6 Å². The highest BCUT2D eigenvalue weighted by atomic mass is 31.2.